The molecule has 2 N–H and O–H groups in total. The smallest absolute Gasteiger partial charge is 0.337 e. The van der Waals surface area contributed by atoms with E-state index in [9.17, 15) is 15.0 Å². The first-order valence-corrected chi connectivity index (χ1v) is 6.44. The van der Waals surface area contributed by atoms with Crippen LogP contribution in [0.4, 0.5) is 0 Å². The summed E-state index contributed by atoms with van der Waals surface area (Å²) < 4.78 is 6.31. The van der Waals surface area contributed by atoms with Crippen LogP contribution < -0.4 is 0 Å². The Morgan fingerprint density at radius 1 is 1.39 bits per heavy atom. The van der Waals surface area contributed by atoms with Gasteiger partial charge in [-0.3, -0.25) is 0 Å². The van der Waals surface area contributed by atoms with Crippen LogP contribution in [0, 0.1) is 6.92 Å². The minimum atomic E-state index is -1.07. The number of hydrogen-bond donors (Lipinski definition) is 2. The first-order chi connectivity index (χ1) is 8.32. The molecule has 0 saturated heterocycles. The van der Waals surface area contributed by atoms with Gasteiger partial charge in [0.15, 0.2) is 6.10 Å². The molecule has 0 aromatic heterocycles. The lowest BCUT2D eigenvalue weighted by atomic mass is 10.1. The molecule has 0 radical (unpaired) electrons. The van der Waals surface area contributed by atoms with Crippen LogP contribution in [-0.2, 0) is 9.53 Å². The van der Waals surface area contributed by atoms with Crippen LogP contribution in [0.25, 0.3) is 0 Å². The Bertz CT molecular complexity index is 431. The number of carbonyl (C=O) groups is 1. The fraction of sp³-hybridized carbons (Fsp3) is 0.462. The molecule has 0 spiro atoms. The SMILES string of the molecule is Cc1cc(C(OC(C)C(C)O)C(=O)O)ccc1Br. The molecule has 3 atom stereocenters. The average Bonchev–Trinajstić information content (AvgIpc) is 2.29. The molecule has 1 aromatic carbocycles. The number of halogens is 1. The summed E-state index contributed by atoms with van der Waals surface area (Å²) in [4.78, 5) is 11.2. The highest BCUT2D eigenvalue weighted by Gasteiger charge is 2.25. The number of rotatable bonds is 5. The molecule has 4 nitrogen and oxygen atoms in total. The molecule has 5 heteroatoms. The molecule has 0 fully saturated rings. The van der Waals surface area contributed by atoms with E-state index in [2.05, 4.69) is 15.9 Å². The summed E-state index contributed by atoms with van der Waals surface area (Å²) in [6, 6.07) is 5.25. The monoisotopic (exact) mass is 316 g/mol. The first kappa shape index (κ1) is 15.1. The molecule has 100 valence electrons. The summed E-state index contributed by atoms with van der Waals surface area (Å²) in [6.07, 6.45) is -2.33. The largest absolute Gasteiger partial charge is 0.479 e. The maximum atomic E-state index is 11.2. The van der Waals surface area contributed by atoms with E-state index in [1.807, 2.05) is 6.92 Å². The Balaban J connectivity index is 2.97. The van der Waals surface area contributed by atoms with E-state index >= 15 is 0 Å². The molecule has 0 aliphatic rings. The number of aliphatic carboxylic acids is 1. The van der Waals surface area contributed by atoms with Gasteiger partial charge in [0.25, 0.3) is 0 Å². The van der Waals surface area contributed by atoms with Crippen molar-refractivity contribution in [1.29, 1.82) is 0 Å². The summed E-state index contributed by atoms with van der Waals surface area (Å²) in [7, 11) is 0. The molecule has 1 aromatic rings. The molecule has 3 unspecified atom stereocenters. The highest BCUT2D eigenvalue weighted by atomic mass is 79.9. The molecule has 0 saturated carbocycles. The topological polar surface area (TPSA) is 66.8 Å². The van der Waals surface area contributed by atoms with Gasteiger partial charge in [0, 0.05) is 4.47 Å². The molecule has 1 rings (SSSR count). The lowest BCUT2D eigenvalue weighted by Gasteiger charge is -2.22. The van der Waals surface area contributed by atoms with E-state index in [0.29, 0.717) is 5.56 Å². The van der Waals surface area contributed by atoms with Gasteiger partial charge in [-0.2, -0.15) is 0 Å². The van der Waals surface area contributed by atoms with Crippen LogP contribution >= 0.6 is 15.9 Å². The van der Waals surface area contributed by atoms with Crippen molar-refractivity contribution in [3.8, 4) is 0 Å². The average molecular weight is 317 g/mol. The van der Waals surface area contributed by atoms with Gasteiger partial charge in [0.1, 0.15) is 0 Å². The van der Waals surface area contributed by atoms with E-state index in [1.54, 1.807) is 32.0 Å². The summed E-state index contributed by atoms with van der Waals surface area (Å²) >= 11 is 3.36. The predicted octanol–water partition coefficient (Wildman–Crippen LogP) is 2.67. The molecule has 18 heavy (non-hydrogen) atoms. The zero-order chi connectivity index (χ0) is 13.9. The number of aliphatic hydroxyl groups is 1. The molecule has 0 aliphatic carbocycles. The van der Waals surface area contributed by atoms with Crippen molar-refractivity contribution in [3.05, 3.63) is 33.8 Å². The predicted molar refractivity (Wildman–Crippen MR) is 71.5 cm³/mol. The van der Waals surface area contributed by atoms with Crippen molar-refractivity contribution < 1.29 is 19.7 Å². The maximum Gasteiger partial charge on any atom is 0.337 e. The first-order valence-electron chi connectivity index (χ1n) is 5.65. The number of ether oxygens (including phenoxy) is 1. The number of carboxylic acid groups (broad SMARTS) is 1. The van der Waals surface area contributed by atoms with Gasteiger partial charge in [0.2, 0.25) is 0 Å². The van der Waals surface area contributed by atoms with Gasteiger partial charge < -0.3 is 14.9 Å². The molecular weight excluding hydrogens is 300 g/mol. The Morgan fingerprint density at radius 3 is 2.44 bits per heavy atom. The highest BCUT2D eigenvalue weighted by molar-refractivity contribution is 9.10. The summed E-state index contributed by atoms with van der Waals surface area (Å²) in [5.41, 5.74) is 1.50. The Morgan fingerprint density at radius 2 is 2.00 bits per heavy atom. The summed E-state index contributed by atoms with van der Waals surface area (Å²) in [5, 5.41) is 18.6. The lowest BCUT2D eigenvalue weighted by Crippen LogP contribution is -2.28. The zero-order valence-electron chi connectivity index (χ0n) is 10.6. The summed E-state index contributed by atoms with van der Waals surface area (Å²) in [5.74, 6) is -1.07. The third kappa shape index (κ3) is 3.80. The summed E-state index contributed by atoms with van der Waals surface area (Å²) in [6.45, 7) is 5.09. The number of aliphatic hydroxyl groups excluding tert-OH is 1. The number of aryl methyl sites for hydroxylation is 1. The minimum Gasteiger partial charge on any atom is -0.479 e. The zero-order valence-corrected chi connectivity index (χ0v) is 12.1. The number of benzene rings is 1. The van der Waals surface area contributed by atoms with Crippen LogP contribution in [0.2, 0.25) is 0 Å². The standard InChI is InChI=1S/C13H17BrO4/c1-7-6-10(4-5-11(7)14)12(13(16)17)18-9(3)8(2)15/h4-6,8-9,12,15H,1-3H3,(H,16,17). The van der Waals surface area contributed by atoms with Gasteiger partial charge in [-0.05, 0) is 38.0 Å². The third-order valence-corrected chi connectivity index (χ3v) is 3.63. The lowest BCUT2D eigenvalue weighted by molar-refractivity contribution is -0.158. The van der Waals surface area contributed by atoms with E-state index < -0.39 is 24.3 Å². The van der Waals surface area contributed by atoms with Gasteiger partial charge in [-0.15, -0.1) is 0 Å². The van der Waals surface area contributed by atoms with Crippen LogP contribution in [-0.4, -0.2) is 28.4 Å². The van der Waals surface area contributed by atoms with E-state index in [0.717, 1.165) is 10.0 Å². The minimum absolute atomic E-state index is 0.546. The van der Waals surface area contributed by atoms with Crippen molar-refractivity contribution in [3.63, 3.8) is 0 Å². The normalized spacial score (nSPS) is 16.1. The fourth-order valence-electron chi connectivity index (χ4n) is 1.44. The number of carboxylic acids is 1. The van der Waals surface area contributed by atoms with Crippen molar-refractivity contribution in [1.82, 2.24) is 0 Å². The van der Waals surface area contributed by atoms with Crippen LogP contribution in [0.3, 0.4) is 0 Å². The van der Waals surface area contributed by atoms with Crippen LogP contribution in [0.5, 0.6) is 0 Å². The fourth-order valence-corrected chi connectivity index (χ4v) is 1.69. The van der Waals surface area contributed by atoms with Crippen LogP contribution in [0.1, 0.15) is 31.1 Å². The molecule has 0 heterocycles. The molecule has 0 amide bonds. The molecule has 0 aliphatic heterocycles. The van der Waals surface area contributed by atoms with Gasteiger partial charge >= 0.3 is 5.97 Å². The van der Waals surface area contributed by atoms with Crippen molar-refractivity contribution in [2.45, 2.75) is 39.1 Å². The Labute approximate surface area is 115 Å². The Kier molecular flexibility index (Phi) is 5.31. The molecular formula is C13H17BrO4. The maximum absolute atomic E-state index is 11.2. The van der Waals surface area contributed by atoms with Gasteiger partial charge in [-0.25, -0.2) is 4.79 Å². The number of hydrogen-bond acceptors (Lipinski definition) is 3. The van der Waals surface area contributed by atoms with E-state index in [4.69, 9.17) is 4.74 Å². The van der Waals surface area contributed by atoms with Crippen LogP contribution in [0.15, 0.2) is 22.7 Å². The van der Waals surface area contributed by atoms with E-state index in [1.165, 1.54) is 0 Å². The third-order valence-electron chi connectivity index (χ3n) is 2.74. The second-order valence-corrected chi connectivity index (χ2v) is 5.16. The quantitative estimate of drug-likeness (QED) is 0.876. The second kappa shape index (κ2) is 6.31. The van der Waals surface area contributed by atoms with Gasteiger partial charge in [-0.1, -0.05) is 28.1 Å². The molecule has 0 bridgehead atoms. The van der Waals surface area contributed by atoms with Crippen molar-refractivity contribution in [2.75, 3.05) is 0 Å². The van der Waals surface area contributed by atoms with Gasteiger partial charge in [0.05, 0.1) is 12.2 Å². The van der Waals surface area contributed by atoms with E-state index in [-0.39, 0.29) is 0 Å². The van der Waals surface area contributed by atoms with Crippen molar-refractivity contribution in [2.24, 2.45) is 0 Å². The second-order valence-electron chi connectivity index (χ2n) is 4.31. The Hall–Kier alpha value is -0.910. The highest BCUT2D eigenvalue weighted by Crippen LogP contribution is 2.25. The van der Waals surface area contributed by atoms with Crippen molar-refractivity contribution >= 4 is 21.9 Å².